The molecular formula is C15H18O3. The van der Waals surface area contributed by atoms with Crippen molar-refractivity contribution in [1.82, 2.24) is 0 Å². The van der Waals surface area contributed by atoms with E-state index in [4.69, 9.17) is 9.47 Å². The van der Waals surface area contributed by atoms with Crippen molar-refractivity contribution in [2.24, 2.45) is 0 Å². The van der Waals surface area contributed by atoms with Crippen LogP contribution in [0, 0.1) is 0 Å². The fraction of sp³-hybridized carbons (Fsp3) is 0.533. The van der Waals surface area contributed by atoms with E-state index in [9.17, 15) is 4.79 Å². The normalized spacial score (nSPS) is 30.7. The lowest BCUT2D eigenvalue weighted by molar-refractivity contribution is -0.142. The molecule has 96 valence electrons. The number of hydrogen-bond acceptors (Lipinski definition) is 3. The first-order valence-corrected chi connectivity index (χ1v) is 6.59. The molecule has 1 aromatic carbocycles. The van der Waals surface area contributed by atoms with E-state index < -0.39 is 0 Å². The zero-order chi connectivity index (χ0) is 12.6. The van der Waals surface area contributed by atoms with Crippen molar-refractivity contribution in [3.05, 3.63) is 29.8 Å². The van der Waals surface area contributed by atoms with E-state index >= 15 is 0 Å². The number of carbonyl (C=O) groups is 1. The zero-order valence-corrected chi connectivity index (χ0v) is 10.6. The summed E-state index contributed by atoms with van der Waals surface area (Å²) in [7, 11) is 1.67. The average Bonchev–Trinajstić information content (AvgIpc) is 2.76. The minimum Gasteiger partial charge on any atom is -0.497 e. The first-order chi connectivity index (χ1) is 8.74. The van der Waals surface area contributed by atoms with Gasteiger partial charge in [-0.15, -0.1) is 0 Å². The summed E-state index contributed by atoms with van der Waals surface area (Å²) in [4.78, 5) is 11.7. The third-order valence-corrected chi connectivity index (χ3v) is 4.33. The summed E-state index contributed by atoms with van der Waals surface area (Å²) in [6.07, 6.45) is 4.93. The Morgan fingerprint density at radius 3 is 3.11 bits per heavy atom. The number of carbonyl (C=O) groups excluding carboxylic acids is 1. The van der Waals surface area contributed by atoms with Gasteiger partial charge < -0.3 is 9.47 Å². The molecule has 1 saturated carbocycles. The van der Waals surface area contributed by atoms with E-state index in [1.807, 2.05) is 12.1 Å². The van der Waals surface area contributed by atoms with Crippen LogP contribution < -0.4 is 4.74 Å². The summed E-state index contributed by atoms with van der Waals surface area (Å²) in [5, 5.41) is 0. The molecule has 3 rings (SSSR count). The largest absolute Gasteiger partial charge is 0.497 e. The lowest BCUT2D eigenvalue weighted by Gasteiger charge is -2.37. The number of hydrogen-bond donors (Lipinski definition) is 0. The molecule has 3 heteroatoms. The molecule has 0 radical (unpaired) electrons. The van der Waals surface area contributed by atoms with Crippen LogP contribution in [-0.4, -0.2) is 19.2 Å². The SMILES string of the molecule is COc1cccc([C@@]23CCCC[C@@H]2OC(=O)C3)c1. The van der Waals surface area contributed by atoms with Gasteiger partial charge in [0.05, 0.1) is 13.5 Å². The molecule has 2 atom stereocenters. The van der Waals surface area contributed by atoms with Crippen molar-refractivity contribution in [3.63, 3.8) is 0 Å². The van der Waals surface area contributed by atoms with Crippen LogP contribution in [0.1, 0.15) is 37.7 Å². The van der Waals surface area contributed by atoms with E-state index in [1.165, 1.54) is 12.0 Å². The number of esters is 1. The van der Waals surface area contributed by atoms with E-state index in [0.717, 1.165) is 25.0 Å². The van der Waals surface area contributed by atoms with E-state index in [-0.39, 0.29) is 17.5 Å². The fourth-order valence-corrected chi connectivity index (χ4v) is 3.40. The van der Waals surface area contributed by atoms with Gasteiger partial charge in [-0.2, -0.15) is 0 Å². The lowest BCUT2D eigenvalue weighted by atomic mass is 9.67. The van der Waals surface area contributed by atoms with Crippen LogP contribution in [0.2, 0.25) is 0 Å². The Hall–Kier alpha value is -1.51. The summed E-state index contributed by atoms with van der Waals surface area (Å²) < 4.78 is 10.8. The van der Waals surface area contributed by atoms with Crippen molar-refractivity contribution in [2.75, 3.05) is 7.11 Å². The highest BCUT2D eigenvalue weighted by atomic mass is 16.6. The molecule has 1 saturated heterocycles. The second kappa shape index (κ2) is 4.30. The summed E-state index contributed by atoms with van der Waals surface area (Å²) >= 11 is 0. The first-order valence-electron chi connectivity index (χ1n) is 6.59. The van der Waals surface area contributed by atoms with Crippen molar-refractivity contribution >= 4 is 5.97 Å². The fourth-order valence-electron chi connectivity index (χ4n) is 3.40. The van der Waals surface area contributed by atoms with Crippen molar-refractivity contribution in [3.8, 4) is 5.75 Å². The van der Waals surface area contributed by atoms with Gasteiger partial charge in [0.25, 0.3) is 0 Å². The molecule has 0 spiro atoms. The third-order valence-electron chi connectivity index (χ3n) is 4.33. The van der Waals surface area contributed by atoms with Crippen LogP contribution >= 0.6 is 0 Å². The van der Waals surface area contributed by atoms with Crippen LogP contribution in [-0.2, 0) is 14.9 Å². The Bertz CT molecular complexity index is 469. The van der Waals surface area contributed by atoms with Crippen LogP contribution in [0.5, 0.6) is 5.75 Å². The van der Waals surface area contributed by atoms with Crippen molar-refractivity contribution in [2.45, 2.75) is 43.6 Å². The van der Waals surface area contributed by atoms with E-state index in [2.05, 4.69) is 12.1 Å². The molecular weight excluding hydrogens is 228 g/mol. The van der Waals surface area contributed by atoms with Gasteiger partial charge in [-0.05, 0) is 37.0 Å². The standard InChI is InChI=1S/C15H18O3/c1-17-12-6-4-5-11(9-12)15-8-3-2-7-13(15)18-14(16)10-15/h4-6,9,13H,2-3,7-8,10H2,1H3/t13-,15-/m0/s1. The Morgan fingerprint density at radius 2 is 2.28 bits per heavy atom. The number of benzene rings is 1. The van der Waals surface area contributed by atoms with Gasteiger partial charge in [-0.3, -0.25) is 4.79 Å². The lowest BCUT2D eigenvalue weighted by Crippen LogP contribution is -2.38. The first kappa shape index (κ1) is 11.6. The van der Waals surface area contributed by atoms with Gasteiger partial charge in [0.15, 0.2) is 0 Å². The Labute approximate surface area is 107 Å². The molecule has 0 amide bonds. The van der Waals surface area contributed by atoms with E-state index in [0.29, 0.717) is 6.42 Å². The van der Waals surface area contributed by atoms with Crippen molar-refractivity contribution in [1.29, 1.82) is 0 Å². The van der Waals surface area contributed by atoms with Crippen LogP contribution in [0.25, 0.3) is 0 Å². The van der Waals surface area contributed by atoms with Crippen LogP contribution in [0.3, 0.4) is 0 Å². The molecule has 1 heterocycles. The maximum Gasteiger partial charge on any atom is 0.307 e. The van der Waals surface area contributed by atoms with Gasteiger partial charge in [0.1, 0.15) is 11.9 Å². The van der Waals surface area contributed by atoms with E-state index in [1.54, 1.807) is 7.11 Å². The van der Waals surface area contributed by atoms with Gasteiger partial charge in [-0.1, -0.05) is 18.6 Å². The molecule has 0 N–H and O–H groups in total. The molecule has 1 aliphatic carbocycles. The second-order valence-electron chi connectivity index (χ2n) is 5.29. The summed E-state index contributed by atoms with van der Waals surface area (Å²) in [6, 6.07) is 8.09. The van der Waals surface area contributed by atoms with Crippen molar-refractivity contribution < 1.29 is 14.3 Å². The number of methoxy groups -OCH3 is 1. The molecule has 1 aliphatic heterocycles. The molecule has 0 bridgehead atoms. The highest BCUT2D eigenvalue weighted by Crippen LogP contribution is 2.48. The highest BCUT2D eigenvalue weighted by Gasteiger charge is 2.51. The highest BCUT2D eigenvalue weighted by molar-refractivity contribution is 5.75. The van der Waals surface area contributed by atoms with Crippen LogP contribution in [0.15, 0.2) is 24.3 Å². The molecule has 2 aliphatic rings. The summed E-state index contributed by atoms with van der Waals surface area (Å²) in [6.45, 7) is 0. The molecule has 3 nitrogen and oxygen atoms in total. The minimum atomic E-state index is -0.107. The Morgan fingerprint density at radius 1 is 1.39 bits per heavy atom. The zero-order valence-electron chi connectivity index (χ0n) is 10.6. The minimum absolute atomic E-state index is 0.0512. The number of ether oxygens (including phenoxy) is 2. The molecule has 0 unspecified atom stereocenters. The molecule has 1 aromatic rings. The molecule has 0 aromatic heterocycles. The quantitative estimate of drug-likeness (QED) is 0.753. The summed E-state index contributed by atoms with van der Waals surface area (Å²) in [5.41, 5.74) is 1.08. The summed E-state index contributed by atoms with van der Waals surface area (Å²) in [5.74, 6) is 0.801. The van der Waals surface area contributed by atoms with Gasteiger partial charge in [-0.25, -0.2) is 0 Å². The smallest absolute Gasteiger partial charge is 0.307 e. The molecule has 2 fully saturated rings. The van der Waals surface area contributed by atoms with Gasteiger partial charge in [0, 0.05) is 5.41 Å². The monoisotopic (exact) mass is 246 g/mol. The molecule has 18 heavy (non-hydrogen) atoms. The number of rotatable bonds is 2. The Balaban J connectivity index is 2.03. The predicted molar refractivity (Wildman–Crippen MR) is 67.6 cm³/mol. The van der Waals surface area contributed by atoms with Gasteiger partial charge >= 0.3 is 5.97 Å². The average molecular weight is 246 g/mol. The van der Waals surface area contributed by atoms with Gasteiger partial charge in [0.2, 0.25) is 0 Å². The topological polar surface area (TPSA) is 35.5 Å². The predicted octanol–water partition coefficient (Wildman–Crippen LogP) is 2.82. The maximum atomic E-state index is 11.7. The maximum absolute atomic E-state index is 11.7. The third kappa shape index (κ3) is 1.69. The van der Waals surface area contributed by atoms with Crippen LogP contribution in [0.4, 0.5) is 0 Å². The second-order valence-corrected chi connectivity index (χ2v) is 5.29. The number of fused-ring (bicyclic) bond motifs is 1. The Kier molecular flexibility index (Phi) is 2.77.